The lowest BCUT2D eigenvalue weighted by molar-refractivity contribution is -0.148. The molecular weight excluding hydrogens is 444 g/mol. The van der Waals surface area contributed by atoms with Gasteiger partial charge in [0.15, 0.2) is 5.82 Å². The Bertz CT molecular complexity index is 1300. The first-order valence-electron chi connectivity index (χ1n) is 10.1. The van der Waals surface area contributed by atoms with Gasteiger partial charge in [0.2, 0.25) is 5.82 Å². The summed E-state index contributed by atoms with van der Waals surface area (Å²) in [7, 11) is 0. The lowest BCUT2D eigenvalue weighted by Crippen LogP contribution is -2.41. The number of nitrogens with zero attached hydrogens (tertiary/aromatic N) is 5. The molecule has 0 fully saturated rings. The summed E-state index contributed by atoms with van der Waals surface area (Å²) in [4.78, 5) is 26.0. The van der Waals surface area contributed by atoms with Crippen molar-refractivity contribution in [2.45, 2.75) is 46.0 Å². The van der Waals surface area contributed by atoms with E-state index in [-0.39, 0.29) is 36.5 Å². The zero-order valence-electron chi connectivity index (χ0n) is 18.0. The Kier molecular flexibility index (Phi) is 5.54. The Balaban J connectivity index is 1.61. The van der Waals surface area contributed by atoms with Crippen LogP contribution >= 0.6 is 0 Å². The Hall–Kier alpha value is -3.57. The smallest absolute Gasteiger partial charge is 0.329 e. The van der Waals surface area contributed by atoms with Crippen LogP contribution in [0, 0.1) is 19.7 Å². The van der Waals surface area contributed by atoms with E-state index < -0.39 is 29.8 Å². The largest absolute Gasteiger partial charge is 0.451 e. The summed E-state index contributed by atoms with van der Waals surface area (Å²) in [5, 5.41) is 13.3. The molecule has 33 heavy (non-hydrogen) atoms. The van der Waals surface area contributed by atoms with E-state index in [2.05, 4.69) is 20.4 Å². The van der Waals surface area contributed by atoms with Crippen molar-refractivity contribution in [3.63, 3.8) is 0 Å². The average molecular weight is 464 g/mol. The molecule has 1 N–H and O–H groups in total. The number of carbonyl (C=O) groups excluding carboxylic acids is 1. The van der Waals surface area contributed by atoms with Gasteiger partial charge < -0.3 is 9.47 Å². The van der Waals surface area contributed by atoms with E-state index >= 15 is 0 Å². The monoisotopic (exact) mass is 464 g/mol. The fraction of sp³-hybridized carbons (Fsp3) is 0.381. The van der Waals surface area contributed by atoms with Crippen LogP contribution in [0.1, 0.15) is 57.4 Å². The topological polar surface area (TPSA) is 96.8 Å². The molecule has 0 spiro atoms. The first kappa shape index (κ1) is 22.6. The van der Waals surface area contributed by atoms with Gasteiger partial charge in [0.25, 0.3) is 11.5 Å². The molecule has 1 aliphatic rings. The van der Waals surface area contributed by atoms with E-state index in [1.807, 2.05) is 0 Å². The number of carbonyl (C=O) groups is 1. The Labute approximate surface area is 185 Å². The standard InChI is InChI=1S/C21H20F4N6O2/c1-10-8-30(9-17-27-29-20(31(10)17)21(23,24)25)19(33)14-6-13(4-5-15(14)22)7-16-11(2)12(3)18(32)28-26-16/h4-6,10H,7-9H2,1-3H3,(H,28,32). The van der Waals surface area contributed by atoms with E-state index in [1.54, 1.807) is 13.8 Å². The molecule has 0 radical (unpaired) electrons. The molecule has 2 aromatic heterocycles. The molecule has 0 saturated carbocycles. The second kappa shape index (κ2) is 8.09. The van der Waals surface area contributed by atoms with Gasteiger partial charge in [0.05, 0.1) is 23.8 Å². The molecule has 0 bridgehead atoms. The summed E-state index contributed by atoms with van der Waals surface area (Å²) in [6, 6.07) is 3.32. The number of amides is 1. The third-order valence-corrected chi connectivity index (χ3v) is 5.83. The third-order valence-electron chi connectivity index (χ3n) is 5.83. The zero-order valence-corrected chi connectivity index (χ0v) is 18.0. The summed E-state index contributed by atoms with van der Waals surface area (Å²) < 4.78 is 55.1. The molecule has 3 aromatic rings. The average Bonchev–Trinajstić information content (AvgIpc) is 3.20. The minimum atomic E-state index is -4.67. The number of fused-ring (bicyclic) bond motifs is 1. The molecule has 1 aromatic carbocycles. The van der Waals surface area contributed by atoms with E-state index in [0.717, 1.165) is 10.6 Å². The normalized spacial score (nSPS) is 16.1. The van der Waals surface area contributed by atoms with Crippen molar-refractivity contribution >= 4 is 5.91 Å². The minimum Gasteiger partial charge on any atom is -0.329 e. The highest BCUT2D eigenvalue weighted by molar-refractivity contribution is 5.94. The molecule has 4 rings (SSSR count). The first-order valence-corrected chi connectivity index (χ1v) is 10.1. The molecule has 12 heteroatoms. The maximum Gasteiger partial charge on any atom is 0.451 e. The van der Waals surface area contributed by atoms with E-state index in [9.17, 15) is 27.2 Å². The van der Waals surface area contributed by atoms with Crippen molar-refractivity contribution in [2.24, 2.45) is 0 Å². The van der Waals surface area contributed by atoms with Crippen molar-refractivity contribution < 1.29 is 22.4 Å². The Morgan fingerprint density at radius 2 is 1.94 bits per heavy atom. The van der Waals surface area contributed by atoms with Crippen molar-refractivity contribution in [3.8, 4) is 0 Å². The summed E-state index contributed by atoms with van der Waals surface area (Å²) in [5.41, 5.74) is 1.88. The van der Waals surface area contributed by atoms with Crippen molar-refractivity contribution in [1.29, 1.82) is 0 Å². The number of rotatable bonds is 3. The quantitative estimate of drug-likeness (QED) is 0.602. The van der Waals surface area contributed by atoms with Crippen LogP contribution in [0.5, 0.6) is 0 Å². The highest BCUT2D eigenvalue weighted by Gasteiger charge is 2.42. The number of benzene rings is 1. The summed E-state index contributed by atoms with van der Waals surface area (Å²) in [5.74, 6) is -2.55. The molecule has 1 aliphatic heterocycles. The van der Waals surface area contributed by atoms with Gasteiger partial charge in [-0.1, -0.05) is 6.07 Å². The third kappa shape index (κ3) is 4.12. The van der Waals surface area contributed by atoms with Crippen LogP contribution in [-0.2, 0) is 19.1 Å². The molecule has 1 amide bonds. The van der Waals surface area contributed by atoms with Gasteiger partial charge in [-0.25, -0.2) is 9.49 Å². The molecule has 1 atom stereocenters. The van der Waals surface area contributed by atoms with Crippen LogP contribution < -0.4 is 5.56 Å². The number of aromatic nitrogens is 5. The van der Waals surface area contributed by atoms with Gasteiger partial charge >= 0.3 is 6.18 Å². The van der Waals surface area contributed by atoms with Crippen LogP contribution in [0.15, 0.2) is 23.0 Å². The molecule has 8 nitrogen and oxygen atoms in total. The van der Waals surface area contributed by atoms with Gasteiger partial charge in [-0.05, 0) is 44.0 Å². The lowest BCUT2D eigenvalue weighted by Gasteiger charge is -2.32. The number of alkyl halides is 3. The van der Waals surface area contributed by atoms with Gasteiger partial charge in [-0.2, -0.15) is 18.3 Å². The lowest BCUT2D eigenvalue weighted by atomic mass is 10.0. The highest BCUT2D eigenvalue weighted by atomic mass is 19.4. The number of halogens is 4. The molecule has 3 heterocycles. The molecule has 0 aliphatic carbocycles. The van der Waals surface area contributed by atoms with Crippen molar-refractivity contribution in [3.05, 3.63) is 74.0 Å². The van der Waals surface area contributed by atoms with Crippen LogP contribution in [0.4, 0.5) is 17.6 Å². The maximum absolute atomic E-state index is 14.6. The minimum absolute atomic E-state index is 0.0190. The zero-order chi connectivity index (χ0) is 24.1. The fourth-order valence-electron chi connectivity index (χ4n) is 3.93. The predicted molar refractivity (Wildman–Crippen MR) is 108 cm³/mol. The molecule has 174 valence electrons. The van der Waals surface area contributed by atoms with Crippen LogP contribution in [0.2, 0.25) is 0 Å². The SMILES string of the molecule is Cc1c(Cc2ccc(F)c(C(=O)N3Cc4nnc(C(F)(F)F)n4C(C)C3)c2)n[nH]c(=O)c1C. The second-order valence-electron chi connectivity index (χ2n) is 8.08. The van der Waals surface area contributed by atoms with E-state index in [0.29, 0.717) is 22.4 Å². The number of hydrogen-bond donors (Lipinski definition) is 1. The predicted octanol–water partition coefficient (Wildman–Crippen LogP) is 2.94. The summed E-state index contributed by atoms with van der Waals surface area (Å²) in [6.07, 6.45) is -4.41. The summed E-state index contributed by atoms with van der Waals surface area (Å²) >= 11 is 0. The molecule has 1 unspecified atom stereocenters. The van der Waals surface area contributed by atoms with Gasteiger partial charge in [-0.3, -0.25) is 9.59 Å². The number of H-pyrrole nitrogens is 1. The maximum atomic E-state index is 14.6. The van der Waals surface area contributed by atoms with Crippen molar-refractivity contribution in [1.82, 2.24) is 29.9 Å². The van der Waals surface area contributed by atoms with Gasteiger partial charge in [-0.15, -0.1) is 10.2 Å². The fourth-order valence-corrected chi connectivity index (χ4v) is 3.93. The number of aromatic amines is 1. The summed E-state index contributed by atoms with van der Waals surface area (Å²) in [6.45, 7) is 4.65. The molecule has 0 saturated heterocycles. The van der Waals surface area contributed by atoms with Crippen LogP contribution in [0.3, 0.4) is 0 Å². The highest BCUT2D eigenvalue weighted by Crippen LogP contribution is 2.33. The molecular formula is C21H20F4N6O2. The number of nitrogens with one attached hydrogen (secondary N) is 1. The van der Waals surface area contributed by atoms with Crippen LogP contribution in [-0.4, -0.2) is 42.3 Å². The second-order valence-corrected chi connectivity index (χ2v) is 8.08. The van der Waals surface area contributed by atoms with Crippen molar-refractivity contribution in [2.75, 3.05) is 6.54 Å². The Morgan fingerprint density at radius 3 is 2.64 bits per heavy atom. The van der Waals surface area contributed by atoms with Crippen LogP contribution in [0.25, 0.3) is 0 Å². The van der Waals surface area contributed by atoms with Gasteiger partial charge in [0.1, 0.15) is 5.82 Å². The van der Waals surface area contributed by atoms with E-state index in [1.165, 1.54) is 24.0 Å². The van der Waals surface area contributed by atoms with Gasteiger partial charge in [0, 0.05) is 18.5 Å². The Morgan fingerprint density at radius 1 is 1.21 bits per heavy atom. The first-order chi connectivity index (χ1) is 15.5. The van der Waals surface area contributed by atoms with E-state index in [4.69, 9.17) is 0 Å². The number of hydrogen-bond acceptors (Lipinski definition) is 5.